The molecule has 0 aromatic rings. The molecule has 1 heteroatoms. The van der Waals surface area contributed by atoms with Crippen molar-refractivity contribution in [2.45, 2.75) is 19.8 Å². The first kappa shape index (κ1) is 5.67. The van der Waals surface area contributed by atoms with Crippen LogP contribution in [0.5, 0.6) is 0 Å². The van der Waals surface area contributed by atoms with Crippen molar-refractivity contribution in [2.24, 2.45) is 5.92 Å². The van der Waals surface area contributed by atoms with Crippen LogP contribution in [0.2, 0.25) is 0 Å². The van der Waals surface area contributed by atoms with E-state index in [9.17, 15) is 0 Å². The Balaban J connectivity index is 2.42. The molecule has 0 N–H and O–H groups in total. The molecule has 1 unspecified atom stereocenters. The molecule has 8 heavy (non-hydrogen) atoms. The van der Waals surface area contributed by atoms with Crippen molar-refractivity contribution >= 4 is 0 Å². The Morgan fingerprint density at radius 1 is 1.88 bits per heavy atom. The fraction of sp³-hybridized carbons (Fsp3) is 0.714. The van der Waals surface area contributed by atoms with E-state index in [0.29, 0.717) is 5.92 Å². The lowest BCUT2D eigenvalue weighted by molar-refractivity contribution is 0.260. The molecule has 1 saturated heterocycles. The average molecular weight is 112 g/mol. The molecule has 1 fully saturated rings. The van der Waals surface area contributed by atoms with Crippen molar-refractivity contribution in [3.8, 4) is 0 Å². The summed E-state index contributed by atoms with van der Waals surface area (Å²) in [6.45, 7) is 6.84. The smallest absolute Gasteiger partial charge is 0.0920 e. The van der Waals surface area contributed by atoms with E-state index in [2.05, 4.69) is 13.5 Å². The van der Waals surface area contributed by atoms with E-state index in [1.807, 2.05) is 0 Å². The molecule has 0 saturated carbocycles. The molecule has 1 aliphatic heterocycles. The van der Waals surface area contributed by atoms with E-state index in [0.717, 1.165) is 12.4 Å². The lowest BCUT2D eigenvalue weighted by Crippen LogP contribution is -1.91. The molecule has 0 amide bonds. The molecule has 46 valence electrons. The van der Waals surface area contributed by atoms with Crippen LogP contribution in [0.3, 0.4) is 0 Å². The van der Waals surface area contributed by atoms with E-state index < -0.39 is 0 Å². The van der Waals surface area contributed by atoms with Gasteiger partial charge in [0.25, 0.3) is 0 Å². The van der Waals surface area contributed by atoms with Crippen molar-refractivity contribution in [1.82, 2.24) is 0 Å². The second-order valence-electron chi connectivity index (χ2n) is 2.21. The monoisotopic (exact) mass is 112 g/mol. The van der Waals surface area contributed by atoms with Gasteiger partial charge in [0.2, 0.25) is 0 Å². The number of hydrogen-bond donors (Lipinski definition) is 0. The minimum Gasteiger partial charge on any atom is -0.498 e. The topological polar surface area (TPSA) is 9.23 Å². The van der Waals surface area contributed by atoms with Gasteiger partial charge in [0, 0.05) is 5.92 Å². The first-order chi connectivity index (χ1) is 3.84. The second-order valence-corrected chi connectivity index (χ2v) is 2.21. The first-order valence-electron chi connectivity index (χ1n) is 3.16. The zero-order valence-electron chi connectivity index (χ0n) is 5.31. The Morgan fingerprint density at radius 2 is 2.62 bits per heavy atom. The van der Waals surface area contributed by atoms with Crippen LogP contribution < -0.4 is 0 Å². The van der Waals surface area contributed by atoms with Gasteiger partial charge in [-0.2, -0.15) is 0 Å². The first-order valence-corrected chi connectivity index (χ1v) is 3.16. The van der Waals surface area contributed by atoms with Crippen LogP contribution >= 0.6 is 0 Å². The van der Waals surface area contributed by atoms with Crippen molar-refractivity contribution in [3.63, 3.8) is 0 Å². The Labute approximate surface area is 50.3 Å². The summed E-state index contributed by atoms with van der Waals surface area (Å²) in [5, 5.41) is 0. The van der Waals surface area contributed by atoms with Crippen molar-refractivity contribution in [2.75, 3.05) is 6.61 Å². The standard InChI is InChI=1S/C7H12O/c1-3-7-4-5-8-6(7)2/h7H,2-5H2,1H3. The summed E-state index contributed by atoms with van der Waals surface area (Å²) in [5.74, 6) is 1.64. The molecule has 0 aromatic heterocycles. The quantitative estimate of drug-likeness (QED) is 0.503. The van der Waals surface area contributed by atoms with Gasteiger partial charge in [-0.25, -0.2) is 0 Å². The third-order valence-electron chi connectivity index (χ3n) is 1.70. The summed E-state index contributed by atoms with van der Waals surface area (Å²) < 4.78 is 5.16. The Kier molecular flexibility index (Phi) is 1.56. The fourth-order valence-corrected chi connectivity index (χ4v) is 1.04. The molecule has 1 rings (SSSR count). The molecule has 1 heterocycles. The maximum atomic E-state index is 5.16. The summed E-state index contributed by atoms with van der Waals surface area (Å²) in [6, 6.07) is 0. The molecule has 0 radical (unpaired) electrons. The lowest BCUT2D eigenvalue weighted by Gasteiger charge is -2.01. The van der Waals surface area contributed by atoms with E-state index in [-0.39, 0.29) is 0 Å². The largest absolute Gasteiger partial charge is 0.498 e. The van der Waals surface area contributed by atoms with Gasteiger partial charge in [0.05, 0.1) is 12.4 Å². The van der Waals surface area contributed by atoms with E-state index in [1.165, 1.54) is 12.8 Å². The number of hydrogen-bond acceptors (Lipinski definition) is 1. The molecule has 0 bridgehead atoms. The van der Waals surface area contributed by atoms with Crippen LogP contribution in [-0.4, -0.2) is 6.61 Å². The minimum absolute atomic E-state index is 0.648. The summed E-state index contributed by atoms with van der Waals surface area (Å²) in [6.07, 6.45) is 2.36. The molecule has 0 aliphatic carbocycles. The summed E-state index contributed by atoms with van der Waals surface area (Å²) in [5.41, 5.74) is 0. The van der Waals surface area contributed by atoms with Crippen LogP contribution in [0.4, 0.5) is 0 Å². The molecule has 1 aliphatic rings. The minimum atomic E-state index is 0.648. The maximum absolute atomic E-state index is 5.16. The fourth-order valence-electron chi connectivity index (χ4n) is 1.04. The predicted octanol–water partition coefficient (Wildman–Crippen LogP) is 1.95. The van der Waals surface area contributed by atoms with Crippen LogP contribution in [0.15, 0.2) is 12.3 Å². The lowest BCUT2D eigenvalue weighted by atomic mass is 10.0. The highest BCUT2D eigenvalue weighted by atomic mass is 16.5. The van der Waals surface area contributed by atoms with Gasteiger partial charge in [-0.3, -0.25) is 0 Å². The van der Waals surface area contributed by atoms with E-state index >= 15 is 0 Å². The SMILES string of the molecule is C=C1OCCC1CC. The van der Waals surface area contributed by atoms with E-state index in [1.54, 1.807) is 0 Å². The molecule has 1 nitrogen and oxygen atoms in total. The van der Waals surface area contributed by atoms with Gasteiger partial charge < -0.3 is 4.74 Å². The van der Waals surface area contributed by atoms with Gasteiger partial charge in [0.1, 0.15) is 0 Å². The van der Waals surface area contributed by atoms with Crippen molar-refractivity contribution < 1.29 is 4.74 Å². The third kappa shape index (κ3) is 0.857. The zero-order chi connectivity index (χ0) is 5.98. The molecular weight excluding hydrogens is 100 g/mol. The van der Waals surface area contributed by atoms with Crippen molar-refractivity contribution in [3.05, 3.63) is 12.3 Å². The molecule has 0 aromatic carbocycles. The van der Waals surface area contributed by atoms with Crippen LogP contribution in [0.1, 0.15) is 19.8 Å². The van der Waals surface area contributed by atoms with Gasteiger partial charge in [-0.05, 0) is 12.8 Å². The summed E-state index contributed by atoms with van der Waals surface area (Å²) in [7, 11) is 0. The third-order valence-corrected chi connectivity index (χ3v) is 1.70. The Morgan fingerprint density at radius 3 is 2.88 bits per heavy atom. The summed E-state index contributed by atoms with van der Waals surface area (Å²) >= 11 is 0. The molecule has 0 spiro atoms. The van der Waals surface area contributed by atoms with Gasteiger partial charge in [0.15, 0.2) is 0 Å². The van der Waals surface area contributed by atoms with Gasteiger partial charge in [-0.1, -0.05) is 13.5 Å². The van der Waals surface area contributed by atoms with Crippen LogP contribution in [0.25, 0.3) is 0 Å². The zero-order valence-corrected chi connectivity index (χ0v) is 5.31. The maximum Gasteiger partial charge on any atom is 0.0920 e. The van der Waals surface area contributed by atoms with E-state index in [4.69, 9.17) is 4.74 Å². The normalized spacial score (nSPS) is 28.1. The Hall–Kier alpha value is -0.460. The highest BCUT2D eigenvalue weighted by Gasteiger charge is 2.17. The molecule has 1 atom stereocenters. The number of ether oxygens (including phenoxy) is 1. The predicted molar refractivity (Wildman–Crippen MR) is 33.5 cm³/mol. The molecular formula is C7H12O. The highest BCUT2D eigenvalue weighted by Crippen LogP contribution is 2.24. The van der Waals surface area contributed by atoms with Crippen LogP contribution in [-0.2, 0) is 4.74 Å². The number of rotatable bonds is 1. The van der Waals surface area contributed by atoms with Gasteiger partial charge >= 0.3 is 0 Å². The summed E-state index contributed by atoms with van der Waals surface area (Å²) in [4.78, 5) is 0. The van der Waals surface area contributed by atoms with Crippen molar-refractivity contribution in [1.29, 1.82) is 0 Å². The van der Waals surface area contributed by atoms with Gasteiger partial charge in [-0.15, -0.1) is 0 Å². The average Bonchev–Trinajstić information content (AvgIpc) is 2.14. The number of allylic oxidation sites excluding steroid dienone is 1. The highest BCUT2D eigenvalue weighted by molar-refractivity contribution is 4.94. The van der Waals surface area contributed by atoms with Crippen LogP contribution in [0, 0.1) is 5.92 Å². The second kappa shape index (κ2) is 2.21. The Bertz CT molecular complexity index is 96.6.